The van der Waals surface area contributed by atoms with Crippen molar-refractivity contribution in [3.8, 4) is 5.75 Å². The average Bonchev–Trinajstić information content (AvgIpc) is 2.99. The monoisotopic (exact) mass is 313 g/mol. The molecule has 1 fully saturated rings. The van der Waals surface area contributed by atoms with Gasteiger partial charge in [0.1, 0.15) is 22.9 Å². The normalized spacial score (nSPS) is 17.5. The maximum absolute atomic E-state index is 13.7. The summed E-state index contributed by atoms with van der Waals surface area (Å²) in [7, 11) is 1.31. The first kappa shape index (κ1) is 16.7. The van der Waals surface area contributed by atoms with Crippen molar-refractivity contribution in [2.24, 2.45) is 0 Å². The van der Waals surface area contributed by atoms with Crippen molar-refractivity contribution in [3.63, 3.8) is 0 Å². The van der Waals surface area contributed by atoms with E-state index in [-0.39, 0.29) is 5.75 Å². The summed E-state index contributed by atoms with van der Waals surface area (Å²) < 4.78 is 37.7. The Morgan fingerprint density at radius 2 is 2.09 bits per heavy atom. The number of carbonyl (C=O) groups is 1. The molecular weight excluding hydrogens is 292 g/mol. The molecule has 0 aromatic heterocycles. The Morgan fingerprint density at radius 3 is 2.68 bits per heavy atom. The molecule has 1 amide bonds. The van der Waals surface area contributed by atoms with Crippen molar-refractivity contribution in [2.45, 2.75) is 38.2 Å². The van der Waals surface area contributed by atoms with Gasteiger partial charge in [-0.3, -0.25) is 4.79 Å². The van der Waals surface area contributed by atoms with Crippen LogP contribution in [0.4, 0.5) is 8.78 Å². The van der Waals surface area contributed by atoms with Crippen LogP contribution in [0, 0.1) is 11.6 Å². The van der Waals surface area contributed by atoms with Gasteiger partial charge in [0.25, 0.3) is 5.91 Å². The minimum atomic E-state index is -0.922. The molecule has 1 N–H and O–H groups in total. The fourth-order valence-corrected chi connectivity index (χ4v) is 2.54. The van der Waals surface area contributed by atoms with Crippen molar-refractivity contribution in [1.29, 1.82) is 0 Å². The van der Waals surface area contributed by atoms with Crippen molar-refractivity contribution < 1.29 is 23.0 Å². The standard InChI is InChI=1S/C16H21F2NO3/c1-21-12-9-13(17)15(14(18)10-12)16(20)19-7-3-2-5-11-6-4-8-22-11/h9-11H,2-8H2,1H3,(H,19,20). The first-order chi connectivity index (χ1) is 10.6. The molecule has 0 saturated carbocycles. The Balaban J connectivity index is 1.77. The number of unbranched alkanes of at least 4 members (excludes halogenated alkanes) is 1. The molecule has 0 radical (unpaired) electrons. The highest BCUT2D eigenvalue weighted by Crippen LogP contribution is 2.20. The zero-order valence-electron chi connectivity index (χ0n) is 12.7. The average molecular weight is 313 g/mol. The van der Waals surface area contributed by atoms with Crippen LogP contribution in [0.25, 0.3) is 0 Å². The van der Waals surface area contributed by atoms with Gasteiger partial charge in [-0.25, -0.2) is 8.78 Å². The van der Waals surface area contributed by atoms with Crippen LogP contribution < -0.4 is 10.1 Å². The molecule has 0 aliphatic carbocycles. The maximum Gasteiger partial charge on any atom is 0.257 e. The Labute approximate surface area is 128 Å². The number of benzene rings is 1. The summed E-state index contributed by atoms with van der Waals surface area (Å²) in [5, 5.41) is 2.54. The van der Waals surface area contributed by atoms with Crippen LogP contribution in [0.5, 0.6) is 5.75 Å². The molecule has 6 heteroatoms. The lowest BCUT2D eigenvalue weighted by Gasteiger charge is -2.10. The van der Waals surface area contributed by atoms with Gasteiger partial charge in [0.05, 0.1) is 13.2 Å². The molecule has 22 heavy (non-hydrogen) atoms. The number of hydrogen-bond acceptors (Lipinski definition) is 3. The Kier molecular flexibility index (Phi) is 6.12. The minimum Gasteiger partial charge on any atom is -0.497 e. The number of rotatable bonds is 7. The Hall–Kier alpha value is -1.69. The van der Waals surface area contributed by atoms with Gasteiger partial charge in [-0.05, 0) is 32.1 Å². The van der Waals surface area contributed by atoms with Crippen LogP contribution in [0.1, 0.15) is 42.5 Å². The number of ether oxygens (including phenoxy) is 2. The van der Waals surface area contributed by atoms with Crippen LogP contribution in [-0.4, -0.2) is 32.3 Å². The van der Waals surface area contributed by atoms with Gasteiger partial charge in [-0.15, -0.1) is 0 Å². The summed E-state index contributed by atoms with van der Waals surface area (Å²) in [5.41, 5.74) is -0.570. The van der Waals surface area contributed by atoms with Gasteiger partial charge in [0.15, 0.2) is 0 Å². The van der Waals surface area contributed by atoms with Gasteiger partial charge in [0, 0.05) is 25.3 Å². The van der Waals surface area contributed by atoms with E-state index in [9.17, 15) is 13.6 Å². The fourth-order valence-electron chi connectivity index (χ4n) is 2.54. The molecule has 1 aliphatic rings. The molecule has 1 aromatic carbocycles. The Morgan fingerprint density at radius 1 is 1.36 bits per heavy atom. The highest BCUT2D eigenvalue weighted by Gasteiger charge is 2.19. The van der Waals surface area contributed by atoms with Crippen LogP contribution in [0.2, 0.25) is 0 Å². The van der Waals surface area contributed by atoms with Gasteiger partial charge in [-0.2, -0.15) is 0 Å². The van der Waals surface area contributed by atoms with Crippen LogP contribution >= 0.6 is 0 Å². The quantitative estimate of drug-likeness (QED) is 0.787. The first-order valence-electron chi connectivity index (χ1n) is 7.54. The minimum absolute atomic E-state index is 0.0445. The van der Waals surface area contributed by atoms with Gasteiger partial charge in [0.2, 0.25) is 0 Å². The van der Waals surface area contributed by atoms with E-state index in [0.717, 1.165) is 50.8 Å². The van der Waals surface area contributed by atoms with E-state index in [4.69, 9.17) is 9.47 Å². The van der Waals surface area contributed by atoms with E-state index in [0.29, 0.717) is 12.6 Å². The van der Waals surface area contributed by atoms with E-state index in [2.05, 4.69) is 5.32 Å². The van der Waals surface area contributed by atoms with Crippen molar-refractivity contribution in [1.82, 2.24) is 5.32 Å². The molecule has 122 valence electrons. The SMILES string of the molecule is COc1cc(F)c(C(=O)NCCCCC2CCCO2)c(F)c1. The molecule has 1 heterocycles. The zero-order valence-corrected chi connectivity index (χ0v) is 12.7. The van der Waals surface area contributed by atoms with Gasteiger partial charge >= 0.3 is 0 Å². The topological polar surface area (TPSA) is 47.6 Å². The summed E-state index contributed by atoms with van der Waals surface area (Å²) in [6.45, 7) is 1.22. The van der Waals surface area contributed by atoms with Gasteiger partial charge in [-0.1, -0.05) is 0 Å². The second kappa shape index (κ2) is 8.08. The number of halogens is 2. The third-order valence-electron chi connectivity index (χ3n) is 3.74. The van der Waals surface area contributed by atoms with E-state index in [1.807, 2.05) is 0 Å². The molecule has 1 atom stereocenters. The maximum atomic E-state index is 13.7. The Bertz CT molecular complexity index is 493. The summed E-state index contributed by atoms with van der Waals surface area (Å²) in [5.74, 6) is -2.54. The fraction of sp³-hybridized carbons (Fsp3) is 0.562. The number of methoxy groups -OCH3 is 1. The molecule has 1 unspecified atom stereocenters. The molecule has 4 nitrogen and oxygen atoms in total. The molecule has 2 rings (SSSR count). The molecule has 1 aliphatic heterocycles. The number of hydrogen-bond donors (Lipinski definition) is 1. The highest BCUT2D eigenvalue weighted by atomic mass is 19.1. The summed E-state index contributed by atoms with van der Waals surface area (Å²) in [6, 6.07) is 1.99. The van der Waals surface area contributed by atoms with E-state index >= 15 is 0 Å². The van der Waals surface area contributed by atoms with Gasteiger partial charge < -0.3 is 14.8 Å². The molecular formula is C16H21F2NO3. The third-order valence-corrected chi connectivity index (χ3v) is 3.74. The molecule has 0 bridgehead atoms. The van der Waals surface area contributed by atoms with E-state index in [1.54, 1.807) is 0 Å². The number of nitrogens with one attached hydrogen (secondary N) is 1. The smallest absolute Gasteiger partial charge is 0.257 e. The van der Waals surface area contributed by atoms with Crippen LogP contribution in [-0.2, 0) is 4.74 Å². The lowest BCUT2D eigenvalue weighted by atomic mass is 10.1. The molecule has 0 spiro atoms. The van der Waals surface area contributed by atoms with E-state index < -0.39 is 23.1 Å². The molecule has 1 saturated heterocycles. The van der Waals surface area contributed by atoms with Crippen LogP contribution in [0.3, 0.4) is 0 Å². The predicted octanol–water partition coefficient (Wildman–Crippen LogP) is 3.05. The lowest BCUT2D eigenvalue weighted by Crippen LogP contribution is -2.26. The lowest BCUT2D eigenvalue weighted by molar-refractivity contribution is 0.0939. The zero-order chi connectivity index (χ0) is 15.9. The number of amides is 1. The summed E-state index contributed by atoms with van der Waals surface area (Å²) in [4.78, 5) is 11.8. The molecule has 1 aromatic rings. The van der Waals surface area contributed by atoms with Crippen LogP contribution in [0.15, 0.2) is 12.1 Å². The second-order valence-electron chi connectivity index (χ2n) is 5.35. The predicted molar refractivity (Wildman–Crippen MR) is 78.1 cm³/mol. The second-order valence-corrected chi connectivity index (χ2v) is 5.35. The highest BCUT2D eigenvalue weighted by molar-refractivity contribution is 5.94. The van der Waals surface area contributed by atoms with E-state index in [1.165, 1.54) is 7.11 Å². The first-order valence-corrected chi connectivity index (χ1v) is 7.54. The summed E-state index contributed by atoms with van der Waals surface area (Å²) >= 11 is 0. The van der Waals surface area contributed by atoms with Crippen molar-refractivity contribution >= 4 is 5.91 Å². The van der Waals surface area contributed by atoms with Crippen molar-refractivity contribution in [3.05, 3.63) is 29.3 Å². The summed E-state index contributed by atoms with van der Waals surface area (Å²) in [6.07, 6.45) is 5.16. The van der Waals surface area contributed by atoms with Crippen molar-refractivity contribution in [2.75, 3.05) is 20.3 Å². The number of carbonyl (C=O) groups excluding carboxylic acids is 1. The largest absolute Gasteiger partial charge is 0.497 e. The third kappa shape index (κ3) is 4.40.